The summed E-state index contributed by atoms with van der Waals surface area (Å²) >= 11 is 0. The zero-order valence-electron chi connectivity index (χ0n) is 26.1. The third kappa shape index (κ3) is 7.28. The number of benzene rings is 5. The lowest BCUT2D eigenvalue weighted by Gasteiger charge is -2.14. The Morgan fingerprint density at radius 2 is 1.04 bits per heavy atom. The van der Waals surface area contributed by atoms with Crippen LogP contribution in [0, 0.1) is 11.6 Å². The van der Waals surface area contributed by atoms with E-state index in [1.54, 1.807) is 30.6 Å². The van der Waals surface area contributed by atoms with Gasteiger partial charge in [0.15, 0.2) is 0 Å². The van der Waals surface area contributed by atoms with E-state index in [-0.39, 0.29) is 17.7 Å². The van der Waals surface area contributed by atoms with Crippen molar-refractivity contribution in [3.8, 4) is 34.0 Å². The van der Waals surface area contributed by atoms with E-state index in [4.69, 9.17) is 9.47 Å². The van der Waals surface area contributed by atoms with Crippen LogP contribution in [0.4, 0.5) is 8.78 Å². The molecule has 0 spiro atoms. The quantitative estimate of drug-likeness (QED) is 0.173. The Morgan fingerprint density at radius 1 is 0.542 bits per heavy atom. The summed E-state index contributed by atoms with van der Waals surface area (Å²) in [5.41, 5.74) is 6.60. The molecule has 2 heterocycles. The molecule has 1 aliphatic rings. The van der Waals surface area contributed by atoms with Crippen molar-refractivity contribution < 1.29 is 18.3 Å². The van der Waals surface area contributed by atoms with E-state index in [9.17, 15) is 8.78 Å². The van der Waals surface area contributed by atoms with Crippen LogP contribution >= 0.6 is 0 Å². The number of nitrogens with zero attached hydrogens (tertiary/aromatic N) is 4. The SMILES string of the molecule is Fc1ccc(-c2ccc3ncnc(OC4CCCC4)c3c2)cc1.Fc1ccc(-c2ccc3ncnc(OCc4ccccc4)c3c2)cc1. The average molecular weight is 639 g/mol. The summed E-state index contributed by atoms with van der Waals surface area (Å²) in [6, 6.07) is 34.7. The maximum Gasteiger partial charge on any atom is 0.224 e. The second kappa shape index (κ2) is 14.3. The Labute approximate surface area is 277 Å². The van der Waals surface area contributed by atoms with Crippen molar-refractivity contribution in [1.29, 1.82) is 0 Å². The molecule has 0 amide bonds. The minimum Gasteiger partial charge on any atom is -0.474 e. The molecule has 6 nitrogen and oxygen atoms in total. The van der Waals surface area contributed by atoms with Crippen molar-refractivity contribution in [3.05, 3.63) is 145 Å². The number of aromatic nitrogens is 4. The molecule has 2 aromatic heterocycles. The number of hydrogen-bond donors (Lipinski definition) is 0. The molecule has 0 atom stereocenters. The van der Waals surface area contributed by atoms with Crippen LogP contribution < -0.4 is 9.47 Å². The van der Waals surface area contributed by atoms with E-state index >= 15 is 0 Å². The average Bonchev–Trinajstić information content (AvgIpc) is 3.65. The topological polar surface area (TPSA) is 70.0 Å². The van der Waals surface area contributed by atoms with Crippen molar-refractivity contribution in [2.45, 2.75) is 38.4 Å². The number of rotatable bonds is 7. The first-order chi connectivity index (χ1) is 23.6. The van der Waals surface area contributed by atoms with E-state index in [0.717, 1.165) is 62.5 Å². The molecule has 1 saturated carbocycles. The Balaban J connectivity index is 0.000000152. The van der Waals surface area contributed by atoms with E-state index in [1.165, 1.54) is 43.4 Å². The fraction of sp³-hybridized carbons (Fsp3) is 0.150. The molecule has 1 fully saturated rings. The lowest BCUT2D eigenvalue weighted by atomic mass is 10.0. The van der Waals surface area contributed by atoms with E-state index in [1.807, 2.05) is 66.7 Å². The largest absolute Gasteiger partial charge is 0.474 e. The van der Waals surface area contributed by atoms with E-state index in [2.05, 4.69) is 19.9 Å². The van der Waals surface area contributed by atoms with Crippen LogP contribution in [0.15, 0.2) is 128 Å². The van der Waals surface area contributed by atoms with Gasteiger partial charge in [-0.2, -0.15) is 0 Å². The summed E-state index contributed by atoms with van der Waals surface area (Å²) in [5, 5.41) is 1.74. The number of hydrogen-bond acceptors (Lipinski definition) is 6. The Hall–Kier alpha value is -5.76. The zero-order valence-corrected chi connectivity index (χ0v) is 26.1. The van der Waals surface area contributed by atoms with Gasteiger partial charge in [-0.25, -0.2) is 28.7 Å². The summed E-state index contributed by atoms with van der Waals surface area (Å²) in [6.07, 6.45) is 7.90. The van der Waals surface area contributed by atoms with Crippen molar-refractivity contribution in [1.82, 2.24) is 19.9 Å². The maximum atomic E-state index is 13.1. The minimum absolute atomic E-state index is 0.233. The first-order valence-electron chi connectivity index (χ1n) is 15.9. The van der Waals surface area contributed by atoms with Gasteiger partial charge in [0.25, 0.3) is 0 Å². The number of halogens is 2. The second-order valence-corrected chi connectivity index (χ2v) is 11.6. The number of fused-ring (bicyclic) bond motifs is 2. The maximum absolute atomic E-state index is 13.1. The van der Waals surface area contributed by atoms with Crippen molar-refractivity contribution >= 4 is 21.8 Å². The molecule has 0 aliphatic heterocycles. The molecular formula is C40H32F2N4O2. The van der Waals surface area contributed by atoms with Gasteiger partial charge in [0.2, 0.25) is 11.8 Å². The molecule has 5 aromatic carbocycles. The molecule has 48 heavy (non-hydrogen) atoms. The van der Waals surface area contributed by atoms with Gasteiger partial charge in [0, 0.05) is 0 Å². The molecular weight excluding hydrogens is 606 g/mol. The van der Waals surface area contributed by atoms with Crippen LogP contribution in [0.25, 0.3) is 44.1 Å². The molecule has 8 rings (SSSR count). The van der Waals surface area contributed by atoms with Gasteiger partial charge in [-0.3, -0.25) is 0 Å². The van der Waals surface area contributed by atoms with Gasteiger partial charge in [-0.15, -0.1) is 0 Å². The lowest BCUT2D eigenvalue weighted by molar-refractivity contribution is 0.204. The standard InChI is InChI=1S/C21H15FN2O.C19H17FN2O/c22-18-9-6-16(7-10-18)17-8-11-20-19(12-17)21(24-14-23-20)25-13-15-4-2-1-3-5-15;20-15-8-5-13(6-9-15)14-7-10-18-17(11-14)19(22-12-21-18)23-16-3-1-2-4-16/h1-12,14H,13H2;5-12,16H,1-4H2. The van der Waals surface area contributed by atoms with Gasteiger partial charge in [0.05, 0.1) is 21.8 Å². The summed E-state index contributed by atoms with van der Waals surface area (Å²) in [4.78, 5) is 17.2. The van der Waals surface area contributed by atoms with Gasteiger partial charge in [-0.05, 0) is 102 Å². The fourth-order valence-electron chi connectivity index (χ4n) is 5.81. The Bertz CT molecular complexity index is 2140. The van der Waals surface area contributed by atoms with Gasteiger partial charge < -0.3 is 9.47 Å². The second-order valence-electron chi connectivity index (χ2n) is 11.6. The van der Waals surface area contributed by atoms with E-state index in [0.29, 0.717) is 18.4 Å². The smallest absolute Gasteiger partial charge is 0.224 e. The first kappa shape index (κ1) is 30.9. The highest BCUT2D eigenvalue weighted by Gasteiger charge is 2.18. The third-order valence-corrected chi connectivity index (χ3v) is 8.35. The van der Waals surface area contributed by atoms with Crippen molar-refractivity contribution in [2.24, 2.45) is 0 Å². The lowest BCUT2D eigenvalue weighted by Crippen LogP contribution is -2.12. The zero-order chi connectivity index (χ0) is 32.7. The number of ether oxygens (including phenoxy) is 2. The van der Waals surface area contributed by atoms with Gasteiger partial charge in [-0.1, -0.05) is 66.7 Å². The van der Waals surface area contributed by atoms with Crippen LogP contribution in [0.1, 0.15) is 31.2 Å². The minimum atomic E-state index is -0.250. The third-order valence-electron chi connectivity index (χ3n) is 8.35. The highest BCUT2D eigenvalue weighted by atomic mass is 19.1. The Morgan fingerprint density at radius 3 is 1.60 bits per heavy atom. The van der Waals surface area contributed by atoms with Crippen LogP contribution in [0.3, 0.4) is 0 Å². The summed E-state index contributed by atoms with van der Waals surface area (Å²) in [5.74, 6) is 0.701. The van der Waals surface area contributed by atoms with Crippen LogP contribution in [0.2, 0.25) is 0 Å². The van der Waals surface area contributed by atoms with Gasteiger partial charge >= 0.3 is 0 Å². The van der Waals surface area contributed by atoms with E-state index < -0.39 is 0 Å². The van der Waals surface area contributed by atoms with Gasteiger partial charge in [0.1, 0.15) is 37.0 Å². The highest BCUT2D eigenvalue weighted by molar-refractivity contribution is 5.89. The highest BCUT2D eigenvalue weighted by Crippen LogP contribution is 2.31. The monoisotopic (exact) mass is 638 g/mol. The molecule has 0 bridgehead atoms. The summed E-state index contributed by atoms with van der Waals surface area (Å²) in [6.45, 7) is 0.438. The molecule has 0 unspecified atom stereocenters. The predicted molar refractivity (Wildman–Crippen MR) is 184 cm³/mol. The van der Waals surface area contributed by atoms with Crippen molar-refractivity contribution in [2.75, 3.05) is 0 Å². The normalized spacial score (nSPS) is 12.9. The summed E-state index contributed by atoms with van der Waals surface area (Å²) in [7, 11) is 0. The Kier molecular flexibility index (Phi) is 9.22. The summed E-state index contributed by atoms with van der Waals surface area (Å²) < 4.78 is 38.2. The van der Waals surface area contributed by atoms with Crippen LogP contribution in [-0.2, 0) is 6.61 Å². The fourth-order valence-corrected chi connectivity index (χ4v) is 5.81. The molecule has 0 radical (unpaired) electrons. The molecule has 238 valence electrons. The molecule has 0 saturated heterocycles. The first-order valence-corrected chi connectivity index (χ1v) is 15.9. The molecule has 1 aliphatic carbocycles. The van der Waals surface area contributed by atoms with Crippen molar-refractivity contribution in [3.63, 3.8) is 0 Å². The van der Waals surface area contributed by atoms with Crippen LogP contribution in [0.5, 0.6) is 11.8 Å². The molecule has 7 aromatic rings. The molecule has 8 heteroatoms. The predicted octanol–water partition coefficient (Wildman–Crippen LogP) is 9.77. The van der Waals surface area contributed by atoms with Crippen LogP contribution in [-0.4, -0.2) is 26.0 Å². The molecule has 0 N–H and O–H groups in total.